The normalized spacial score (nSPS) is 19.3. The molecule has 0 N–H and O–H groups in total. The third-order valence-corrected chi connectivity index (χ3v) is 9.31. The van der Waals surface area contributed by atoms with Crippen LogP contribution >= 0.6 is 0 Å². The molecule has 0 bridgehead atoms. The second-order valence-electron chi connectivity index (χ2n) is 13.7. The summed E-state index contributed by atoms with van der Waals surface area (Å²) in [4.78, 5) is 0. The van der Waals surface area contributed by atoms with E-state index in [1.54, 1.807) is 0 Å². The average molecular weight is 627 g/mol. The third-order valence-electron chi connectivity index (χ3n) is 9.31. The molecule has 0 aliphatic carbocycles. The predicted octanol–water partition coefficient (Wildman–Crippen LogP) is 14.7. The second-order valence-corrected chi connectivity index (χ2v) is 13.7. The Morgan fingerprint density at radius 2 is 0.867 bits per heavy atom. The van der Waals surface area contributed by atoms with E-state index in [1.165, 1.54) is 154 Å². The number of unbranched alkanes of at least 4 members (excludes halogenated alkanes) is 18. The van der Waals surface area contributed by atoms with Crippen LogP contribution in [0.15, 0.2) is 48.6 Å². The van der Waals surface area contributed by atoms with Crippen LogP contribution in [-0.2, 0) is 9.47 Å². The molecule has 0 amide bonds. The van der Waals surface area contributed by atoms with Gasteiger partial charge in [-0.15, -0.1) is 0 Å². The molecule has 1 atom stereocenters. The number of allylic oxidation sites excluding steroid dienone is 8. The van der Waals surface area contributed by atoms with Crippen molar-refractivity contribution in [1.82, 2.24) is 0 Å². The van der Waals surface area contributed by atoms with Crippen molar-refractivity contribution < 1.29 is 9.47 Å². The predicted molar refractivity (Wildman–Crippen MR) is 201 cm³/mol. The van der Waals surface area contributed by atoms with Crippen LogP contribution in [0, 0.1) is 0 Å². The zero-order valence-electron chi connectivity index (χ0n) is 30.7. The van der Waals surface area contributed by atoms with Crippen LogP contribution in [-0.4, -0.2) is 18.5 Å². The van der Waals surface area contributed by atoms with Crippen molar-refractivity contribution in [2.45, 2.75) is 219 Å². The molecule has 0 spiro atoms. The Morgan fingerprint density at radius 3 is 1.29 bits per heavy atom. The van der Waals surface area contributed by atoms with Gasteiger partial charge < -0.3 is 9.47 Å². The van der Waals surface area contributed by atoms with Gasteiger partial charge in [0.25, 0.3) is 0 Å². The summed E-state index contributed by atoms with van der Waals surface area (Å²) >= 11 is 0. The zero-order valence-corrected chi connectivity index (χ0v) is 30.7. The third kappa shape index (κ3) is 26.6. The molecule has 0 saturated carbocycles. The molecular formula is C43H78O2. The minimum Gasteiger partial charge on any atom is -0.350 e. The average Bonchev–Trinajstić information content (AvgIpc) is 3.05. The van der Waals surface area contributed by atoms with Crippen LogP contribution in [0.3, 0.4) is 0 Å². The van der Waals surface area contributed by atoms with Gasteiger partial charge >= 0.3 is 0 Å². The fourth-order valence-corrected chi connectivity index (χ4v) is 6.45. The van der Waals surface area contributed by atoms with E-state index >= 15 is 0 Å². The first-order chi connectivity index (χ1) is 22.3. The van der Waals surface area contributed by atoms with Crippen LogP contribution in [0.4, 0.5) is 0 Å². The van der Waals surface area contributed by atoms with Gasteiger partial charge in [0.1, 0.15) is 0 Å². The van der Waals surface area contributed by atoms with Gasteiger partial charge in [-0.3, -0.25) is 0 Å². The van der Waals surface area contributed by atoms with E-state index in [0.29, 0.717) is 6.10 Å². The smallest absolute Gasteiger partial charge is 0.168 e. The van der Waals surface area contributed by atoms with E-state index in [4.69, 9.17) is 9.47 Å². The molecule has 0 aromatic heterocycles. The molecule has 2 heteroatoms. The van der Waals surface area contributed by atoms with Gasteiger partial charge in [-0.25, -0.2) is 0 Å². The van der Waals surface area contributed by atoms with E-state index in [0.717, 1.165) is 38.7 Å². The standard InChI is InChI=1S/C43H78O2/c1-4-7-9-11-13-15-17-19-21-23-25-27-29-31-33-35-39-43(44-41-38-42(45-43)37-6-3)40-36-34-32-30-28-26-24-22-20-18-16-14-12-10-8-5-2/h13-16,19-22,42H,4-12,17-18,23-41H2,1-3H3. The first-order valence-electron chi connectivity index (χ1n) is 20.2. The fourth-order valence-electron chi connectivity index (χ4n) is 6.45. The highest BCUT2D eigenvalue weighted by Crippen LogP contribution is 2.35. The summed E-state index contributed by atoms with van der Waals surface area (Å²) < 4.78 is 13.2. The summed E-state index contributed by atoms with van der Waals surface area (Å²) in [6, 6.07) is 0. The highest BCUT2D eigenvalue weighted by atomic mass is 16.7. The van der Waals surface area contributed by atoms with Gasteiger partial charge in [0, 0.05) is 12.8 Å². The number of rotatable bonds is 32. The molecule has 1 heterocycles. The molecule has 1 unspecified atom stereocenters. The minimum absolute atomic E-state index is 0.303. The Labute approximate surface area is 283 Å². The van der Waals surface area contributed by atoms with Gasteiger partial charge in [-0.2, -0.15) is 0 Å². The van der Waals surface area contributed by atoms with Crippen LogP contribution < -0.4 is 0 Å². The van der Waals surface area contributed by atoms with Gasteiger partial charge in [-0.1, -0.05) is 153 Å². The van der Waals surface area contributed by atoms with Crippen LogP contribution in [0.2, 0.25) is 0 Å². The van der Waals surface area contributed by atoms with Crippen molar-refractivity contribution in [3.8, 4) is 0 Å². The minimum atomic E-state index is -0.303. The zero-order chi connectivity index (χ0) is 32.4. The Kier molecular flexibility index (Phi) is 30.5. The SMILES string of the molecule is CCCCCC=CCC=CCCCCCCCCC1(CCCCCCCCC=CCC=CCCCCC)OCCC(CCC)O1. The largest absolute Gasteiger partial charge is 0.350 e. The van der Waals surface area contributed by atoms with E-state index in [2.05, 4.69) is 69.4 Å². The second kappa shape index (κ2) is 32.8. The van der Waals surface area contributed by atoms with Crippen LogP contribution in [0.25, 0.3) is 0 Å². The Bertz CT molecular complexity index is 667. The lowest BCUT2D eigenvalue weighted by atomic mass is 9.96. The monoisotopic (exact) mass is 627 g/mol. The fraction of sp³-hybridized carbons (Fsp3) is 0.814. The van der Waals surface area contributed by atoms with Gasteiger partial charge in [0.15, 0.2) is 5.79 Å². The Balaban J connectivity index is 2.14. The number of ether oxygens (including phenoxy) is 2. The summed E-state index contributed by atoms with van der Waals surface area (Å²) in [5, 5.41) is 0. The quantitative estimate of drug-likeness (QED) is 0.0546. The van der Waals surface area contributed by atoms with E-state index in [1.807, 2.05) is 0 Å². The highest BCUT2D eigenvalue weighted by Gasteiger charge is 2.37. The van der Waals surface area contributed by atoms with Crippen molar-refractivity contribution in [3.63, 3.8) is 0 Å². The number of hydrogen-bond donors (Lipinski definition) is 0. The molecule has 2 nitrogen and oxygen atoms in total. The maximum Gasteiger partial charge on any atom is 0.168 e. The molecule has 1 aliphatic rings. The summed E-state index contributed by atoms with van der Waals surface area (Å²) in [6.07, 6.45) is 56.0. The summed E-state index contributed by atoms with van der Waals surface area (Å²) in [7, 11) is 0. The molecule has 1 aliphatic heterocycles. The molecule has 0 radical (unpaired) electrons. The first kappa shape index (κ1) is 41.9. The van der Waals surface area contributed by atoms with E-state index in [9.17, 15) is 0 Å². The Morgan fingerprint density at radius 1 is 0.467 bits per heavy atom. The van der Waals surface area contributed by atoms with E-state index in [-0.39, 0.29) is 5.79 Å². The molecular weight excluding hydrogens is 548 g/mol. The molecule has 1 fully saturated rings. The molecule has 0 aromatic rings. The van der Waals surface area contributed by atoms with Crippen molar-refractivity contribution in [1.29, 1.82) is 0 Å². The van der Waals surface area contributed by atoms with Crippen LogP contribution in [0.1, 0.15) is 207 Å². The van der Waals surface area contributed by atoms with Crippen molar-refractivity contribution >= 4 is 0 Å². The number of hydrogen-bond acceptors (Lipinski definition) is 2. The molecule has 1 rings (SSSR count). The maximum absolute atomic E-state index is 6.72. The summed E-state index contributed by atoms with van der Waals surface area (Å²) in [6.45, 7) is 7.71. The van der Waals surface area contributed by atoms with Gasteiger partial charge in [0.05, 0.1) is 12.7 Å². The van der Waals surface area contributed by atoms with Crippen molar-refractivity contribution in [3.05, 3.63) is 48.6 Å². The van der Waals surface area contributed by atoms with Crippen molar-refractivity contribution in [2.75, 3.05) is 6.61 Å². The summed E-state index contributed by atoms with van der Waals surface area (Å²) in [5.74, 6) is -0.303. The molecule has 262 valence electrons. The lowest BCUT2D eigenvalue weighted by Crippen LogP contribution is -2.44. The highest BCUT2D eigenvalue weighted by molar-refractivity contribution is 4.93. The summed E-state index contributed by atoms with van der Waals surface area (Å²) in [5.41, 5.74) is 0. The maximum atomic E-state index is 6.72. The lowest BCUT2D eigenvalue weighted by Gasteiger charge is -2.41. The molecule has 45 heavy (non-hydrogen) atoms. The Hall–Kier alpha value is -1.12. The van der Waals surface area contributed by atoms with Crippen LogP contribution in [0.5, 0.6) is 0 Å². The lowest BCUT2D eigenvalue weighted by molar-refractivity contribution is -0.301. The van der Waals surface area contributed by atoms with E-state index < -0.39 is 0 Å². The molecule has 1 saturated heterocycles. The van der Waals surface area contributed by atoms with Gasteiger partial charge in [-0.05, 0) is 89.9 Å². The van der Waals surface area contributed by atoms with Crippen molar-refractivity contribution in [2.24, 2.45) is 0 Å². The first-order valence-corrected chi connectivity index (χ1v) is 20.2. The topological polar surface area (TPSA) is 18.5 Å². The molecule has 0 aromatic carbocycles. The van der Waals surface area contributed by atoms with Gasteiger partial charge in [0.2, 0.25) is 0 Å².